The molecule has 0 saturated carbocycles. The first-order chi connectivity index (χ1) is 11.3. The number of nitrogens with zero attached hydrogens (tertiary/aromatic N) is 1. The minimum absolute atomic E-state index is 0.0175. The fraction of sp³-hybridized carbons (Fsp3) is 0.222. The van der Waals surface area contributed by atoms with Crippen molar-refractivity contribution in [3.8, 4) is 0 Å². The number of benzene rings is 1. The first kappa shape index (κ1) is 14.7. The van der Waals surface area contributed by atoms with Gasteiger partial charge in [-0.2, -0.15) is 0 Å². The molecular formula is C18H16N2OS2. The zero-order valence-corrected chi connectivity index (χ0v) is 14.2. The molecule has 1 aliphatic rings. The summed E-state index contributed by atoms with van der Waals surface area (Å²) in [5.41, 5.74) is 2.43. The van der Waals surface area contributed by atoms with Crippen molar-refractivity contribution in [3.63, 3.8) is 0 Å². The van der Waals surface area contributed by atoms with Crippen LogP contribution >= 0.6 is 23.1 Å². The Morgan fingerprint density at radius 1 is 1.26 bits per heavy atom. The van der Waals surface area contributed by atoms with Crippen molar-refractivity contribution in [3.05, 3.63) is 62.8 Å². The smallest absolute Gasteiger partial charge is 0.260 e. The Labute approximate surface area is 142 Å². The molecule has 116 valence electrons. The third-order valence-corrected chi connectivity index (χ3v) is 5.99. The van der Waals surface area contributed by atoms with Crippen LogP contribution in [0.2, 0.25) is 0 Å². The number of fused-ring (bicyclic) bond motifs is 3. The van der Waals surface area contributed by atoms with Crippen molar-refractivity contribution in [2.24, 2.45) is 0 Å². The average Bonchev–Trinajstić information content (AvgIpc) is 3.13. The van der Waals surface area contributed by atoms with Crippen molar-refractivity contribution in [1.82, 2.24) is 9.97 Å². The monoisotopic (exact) mass is 340 g/mol. The van der Waals surface area contributed by atoms with Gasteiger partial charge in [0.15, 0.2) is 5.16 Å². The fourth-order valence-electron chi connectivity index (χ4n) is 2.93. The fourth-order valence-corrected chi connectivity index (χ4v) is 4.92. The molecule has 0 amide bonds. The van der Waals surface area contributed by atoms with Crippen LogP contribution in [0, 0.1) is 0 Å². The highest BCUT2D eigenvalue weighted by atomic mass is 32.2. The van der Waals surface area contributed by atoms with Gasteiger partial charge in [0.25, 0.3) is 5.56 Å². The van der Waals surface area contributed by atoms with Crippen molar-refractivity contribution in [2.45, 2.75) is 24.4 Å². The second kappa shape index (κ2) is 6.34. The summed E-state index contributed by atoms with van der Waals surface area (Å²) in [5, 5.41) is 1.53. The lowest BCUT2D eigenvalue weighted by Crippen LogP contribution is -2.09. The van der Waals surface area contributed by atoms with Crippen molar-refractivity contribution in [1.29, 1.82) is 0 Å². The van der Waals surface area contributed by atoms with Gasteiger partial charge < -0.3 is 4.98 Å². The molecule has 0 atom stereocenters. The summed E-state index contributed by atoms with van der Waals surface area (Å²) < 4.78 is 0. The predicted octanol–water partition coefficient (Wildman–Crippen LogP) is 4.28. The van der Waals surface area contributed by atoms with Crippen LogP contribution in [-0.4, -0.2) is 15.7 Å². The number of aromatic amines is 1. The van der Waals surface area contributed by atoms with Crippen LogP contribution in [0.1, 0.15) is 22.4 Å². The molecule has 0 spiro atoms. The molecule has 0 unspecified atom stereocenters. The summed E-state index contributed by atoms with van der Waals surface area (Å²) in [6.45, 7) is 0. The van der Waals surface area contributed by atoms with Gasteiger partial charge in [-0.3, -0.25) is 4.79 Å². The molecule has 1 aliphatic carbocycles. The Hall–Kier alpha value is -1.85. The summed E-state index contributed by atoms with van der Waals surface area (Å²) in [5.74, 6) is 0.786. The van der Waals surface area contributed by atoms with E-state index in [1.165, 1.54) is 16.0 Å². The van der Waals surface area contributed by atoms with E-state index >= 15 is 0 Å². The lowest BCUT2D eigenvalue weighted by Gasteiger charge is -1.99. The molecule has 3 aromatic rings. The quantitative estimate of drug-likeness (QED) is 0.569. The summed E-state index contributed by atoms with van der Waals surface area (Å²) in [7, 11) is 0. The maximum absolute atomic E-state index is 12.4. The molecule has 2 aromatic heterocycles. The van der Waals surface area contributed by atoms with E-state index in [2.05, 4.69) is 34.3 Å². The van der Waals surface area contributed by atoms with Crippen LogP contribution in [-0.2, 0) is 12.8 Å². The van der Waals surface area contributed by atoms with Crippen LogP contribution in [0.15, 0.2) is 46.4 Å². The highest BCUT2D eigenvalue weighted by Crippen LogP contribution is 2.35. The third kappa shape index (κ3) is 2.99. The molecule has 4 rings (SSSR count). The topological polar surface area (TPSA) is 45.8 Å². The molecule has 5 heteroatoms. The van der Waals surface area contributed by atoms with Crippen LogP contribution < -0.4 is 5.56 Å². The van der Waals surface area contributed by atoms with Gasteiger partial charge in [0.05, 0.1) is 5.39 Å². The maximum atomic E-state index is 12.4. The zero-order valence-electron chi connectivity index (χ0n) is 12.5. The van der Waals surface area contributed by atoms with E-state index in [4.69, 9.17) is 0 Å². The van der Waals surface area contributed by atoms with Gasteiger partial charge in [0.1, 0.15) is 4.83 Å². The lowest BCUT2D eigenvalue weighted by molar-refractivity contribution is 0.914. The van der Waals surface area contributed by atoms with E-state index < -0.39 is 0 Å². The standard InChI is InChI=1S/C18H16N2OS2/c21-16-15-13-9-4-10-14(13)23-17(15)20-18(19-16)22-11-5-8-12-6-2-1-3-7-12/h1-3,5-8H,4,9-11H2,(H,19,20,21)/b8-5-. The molecule has 1 N–H and O–H groups in total. The number of aryl methyl sites for hydroxylation is 2. The largest absolute Gasteiger partial charge is 0.301 e. The minimum Gasteiger partial charge on any atom is -0.301 e. The van der Waals surface area contributed by atoms with Gasteiger partial charge in [0.2, 0.25) is 0 Å². The molecule has 1 aromatic carbocycles. The van der Waals surface area contributed by atoms with E-state index in [9.17, 15) is 4.79 Å². The summed E-state index contributed by atoms with van der Waals surface area (Å²) in [6.07, 6.45) is 7.46. The van der Waals surface area contributed by atoms with Crippen molar-refractivity contribution >= 4 is 39.4 Å². The molecule has 2 heterocycles. The average molecular weight is 340 g/mol. The van der Waals surface area contributed by atoms with Gasteiger partial charge in [0, 0.05) is 10.6 Å². The van der Waals surface area contributed by atoms with Gasteiger partial charge >= 0.3 is 0 Å². The molecule has 0 aliphatic heterocycles. The maximum Gasteiger partial charge on any atom is 0.260 e. The first-order valence-corrected chi connectivity index (χ1v) is 9.50. The molecule has 0 radical (unpaired) electrons. The Bertz CT molecular complexity index is 925. The highest BCUT2D eigenvalue weighted by molar-refractivity contribution is 7.99. The second-order valence-electron chi connectivity index (χ2n) is 5.53. The van der Waals surface area contributed by atoms with Crippen LogP contribution in [0.3, 0.4) is 0 Å². The number of rotatable bonds is 4. The van der Waals surface area contributed by atoms with E-state index in [1.54, 1.807) is 23.1 Å². The first-order valence-electron chi connectivity index (χ1n) is 7.70. The van der Waals surface area contributed by atoms with E-state index in [0.29, 0.717) is 5.16 Å². The normalized spacial score (nSPS) is 13.9. The number of thioether (sulfide) groups is 1. The summed E-state index contributed by atoms with van der Waals surface area (Å²) in [4.78, 5) is 22.2. The van der Waals surface area contributed by atoms with Gasteiger partial charge in [-0.15, -0.1) is 11.3 Å². The Balaban J connectivity index is 1.52. The Morgan fingerprint density at radius 2 is 2.13 bits per heavy atom. The molecular weight excluding hydrogens is 324 g/mol. The molecule has 0 bridgehead atoms. The van der Waals surface area contributed by atoms with E-state index in [0.717, 1.165) is 35.2 Å². The van der Waals surface area contributed by atoms with Gasteiger partial charge in [-0.1, -0.05) is 54.2 Å². The van der Waals surface area contributed by atoms with Crippen LogP contribution in [0.4, 0.5) is 0 Å². The number of hydrogen-bond acceptors (Lipinski definition) is 4. The number of hydrogen-bond donors (Lipinski definition) is 1. The zero-order chi connectivity index (χ0) is 15.6. The van der Waals surface area contributed by atoms with Crippen molar-refractivity contribution < 1.29 is 0 Å². The predicted molar refractivity (Wildman–Crippen MR) is 98.5 cm³/mol. The molecule has 23 heavy (non-hydrogen) atoms. The number of thiophene rings is 1. The Morgan fingerprint density at radius 3 is 3.00 bits per heavy atom. The minimum atomic E-state index is 0.0175. The SMILES string of the molecule is O=c1[nH]c(SC/C=C\c2ccccc2)nc2sc3c(c12)CCC3. The highest BCUT2D eigenvalue weighted by Gasteiger charge is 2.20. The van der Waals surface area contributed by atoms with Crippen LogP contribution in [0.5, 0.6) is 0 Å². The number of nitrogens with one attached hydrogen (secondary N) is 1. The third-order valence-electron chi connectivity index (χ3n) is 3.98. The van der Waals surface area contributed by atoms with Gasteiger partial charge in [-0.25, -0.2) is 4.98 Å². The second-order valence-corrected chi connectivity index (χ2v) is 7.62. The van der Waals surface area contributed by atoms with E-state index in [-0.39, 0.29) is 5.56 Å². The van der Waals surface area contributed by atoms with E-state index in [1.807, 2.05) is 18.2 Å². The van der Waals surface area contributed by atoms with Gasteiger partial charge in [-0.05, 0) is 30.4 Å². The summed E-state index contributed by atoms with van der Waals surface area (Å²) >= 11 is 3.25. The number of H-pyrrole nitrogens is 1. The number of aromatic nitrogens is 2. The lowest BCUT2D eigenvalue weighted by atomic mass is 10.2. The van der Waals surface area contributed by atoms with Crippen molar-refractivity contribution in [2.75, 3.05) is 5.75 Å². The van der Waals surface area contributed by atoms with Crippen LogP contribution in [0.25, 0.3) is 16.3 Å². The Kier molecular flexibility index (Phi) is 4.06. The molecule has 0 saturated heterocycles. The molecule has 3 nitrogen and oxygen atoms in total. The summed E-state index contributed by atoms with van der Waals surface area (Å²) in [6, 6.07) is 10.2. The molecule has 0 fully saturated rings.